The Bertz CT molecular complexity index is 957. The highest BCUT2D eigenvalue weighted by molar-refractivity contribution is 5.97. The van der Waals surface area contributed by atoms with Crippen molar-refractivity contribution in [3.63, 3.8) is 0 Å². The van der Waals surface area contributed by atoms with E-state index >= 15 is 0 Å². The number of anilines is 2. The maximum atomic E-state index is 4.70. The zero-order valence-electron chi connectivity index (χ0n) is 15.7. The molecule has 0 spiro atoms. The Balaban J connectivity index is 1.91. The van der Waals surface area contributed by atoms with Crippen molar-refractivity contribution in [1.29, 1.82) is 0 Å². The first-order chi connectivity index (χ1) is 12.6. The molecule has 2 aromatic carbocycles. The summed E-state index contributed by atoms with van der Waals surface area (Å²) in [5.41, 5.74) is 6.05. The van der Waals surface area contributed by atoms with Gasteiger partial charge in [0.2, 0.25) is 0 Å². The summed E-state index contributed by atoms with van der Waals surface area (Å²) >= 11 is 0. The molecule has 0 aliphatic carbocycles. The van der Waals surface area contributed by atoms with Crippen molar-refractivity contribution < 1.29 is 0 Å². The van der Waals surface area contributed by atoms with Gasteiger partial charge in [-0.1, -0.05) is 48.0 Å². The second kappa shape index (κ2) is 6.93. The van der Waals surface area contributed by atoms with E-state index < -0.39 is 0 Å². The zero-order valence-corrected chi connectivity index (χ0v) is 15.7. The van der Waals surface area contributed by atoms with E-state index in [1.165, 1.54) is 27.7 Å². The number of fused-ring (bicyclic) bond motifs is 1. The second-order valence-electron chi connectivity index (χ2n) is 7.15. The molecule has 0 bridgehead atoms. The van der Waals surface area contributed by atoms with Crippen molar-refractivity contribution >= 4 is 22.1 Å². The fourth-order valence-electron chi connectivity index (χ4n) is 3.61. The number of nitrogens with zero attached hydrogens (tertiary/aromatic N) is 3. The summed E-state index contributed by atoms with van der Waals surface area (Å²) in [5, 5.41) is 2.47. The molecule has 0 fully saturated rings. The van der Waals surface area contributed by atoms with Gasteiger partial charge in [0.05, 0.1) is 11.9 Å². The van der Waals surface area contributed by atoms with Gasteiger partial charge in [0.25, 0.3) is 0 Å². The lowest BCUT2D eigenvalue weighted by atomic mass is 10.1. The summed E-state index contributed by atoms with van der Waals surface area (Å²) in [6.07, 6.45) is 5.40. The van der Waals surface area contributed by atoms with E-state index in [1.807, 2.05) is 6.20 Å². The van der Waals surface area contributed by atoms with E-state index in [0.29, 0.717) is 0 Å². The molecular weight excluding hydrogens is 318 g/mol. The molecule has 4 rings (SSSR count). The maximum Gasteiger partial charge on any atom is 0.0720 e. The average molecular weight is 343 g/mol. The molecule has 0 atom stereocenters. The minimum Gasteiger partial charge on any atom is -0.312 e. The van der Waals surface area contributed by atoms with E-state index in [9.17, 15) is 0 Å². The molecule has 3 heteroatoms. The van der Waals surface area contributed by atoms with Crippen molar-refractivity contribution in [1.82, 2.24) is 9.88 Å². The quantitative estimate of drug-likeness (QED) is 0.651. The highest BCUT2D eigenvalue weighted by Crippen LogP contribution is 2.37. The summed E-state index contributed by atoms with van der Waals surface area (Å²) in [6.45, 7) is 6.27. The normalized spacial score (nSPS) is 15.1. The van der Waals surface area contributed by atoms with E-state index in [4.69, 9.17) is 4.98 Å². The van der Waals surface area contributed by atoms with Crippen LogP contribution in [0.15, 0.2) is 66.5 Å². The van der Waals surface area contributed by atoms with Gasteiger partial charge in [0, 0.05) is 47.4 Å². The molecule has 132 valence electrons. The minimum absolute atomic E-state index is 0.981. The number of aromatic nitrogens is 1. The second-order valence-corrected chi connectivity index (χ2v) is 7.15. The molecule has 3 nitrogen and oxygen atoms in total. The fraction of sp³-hybridized carbons (Fsp3) is 0.261. The lowest BCUT2D eigenvalue weighted by Gasteiger charge is -2.33. The number of benzene rings is 2. The SMILES string of the molecule is Cc1ccc(N(C2=CCN(C)CC2)c2cnc(C)c3ccccc23)cc1. The standard InChI is InChI=1S/C23H25N3/c1-17-8-10-19(11-9-17)26(20-12-14-25(3)15-13-20)23-16-24-18(2)21-6-4-5-7-22(21)23/h4-12,16H,13-15H2,1-3H3. The van der Waals surface area contributed by atoms with Crippen LogP contribution in [0.4, 0.5) is 11.4 Å². The molecule has 0 amide bonds. The Labute approximate surface area is 155 Å². The smallest absolute Gasteiger partial charge is 0.0720 e. The van der Waals surface area contributed by atoms with Gasteiger partial charge in [0.15, 0.2) is 0 Å². The van der Waals surface area contributed by atoms with Crippen molar-refractivity contribution in [2.75, 3.05) is 25.0 Å². The Kier molecular flexibility index (Phi) is 4.48. The van der Waals surface area contributed by atoms with Gasteiger partial charge in [-0.25, -0.2) is 0 Å². The van der Waals surface area contributed by atoms with Gasteiger partial charge >= 0.3 is 0 Å². The Morgan fingerprint density at radius 2 is 1.69 bits per heavy atom. The first-order valence-corrected chi connectivity index (χ1v) is 9.22. The molecule has 0 radical (unpaired) electrons. The molecule has 3 aromatic rings. The minimum atomic E-state index is 0.981. The van der Waals surface area contributed by atoms with Crippen LogP contribution in [0, 0.1) is 13.8 Å². The zero-order chi connectivity index (χ0) is 18.1. The van der Waals surface area contributed by atoms with Crippen LogP contribution < -0.4 is 4.90 Å². The third kappa shape index (κ3) is 3.11. The molecule has 1 aliphatic heterocycles. The largest absolute Gasteiger partial charge is 0.312 e. The summed E-state index contributed by atoms with van der Waals surface area (Å²) in [6, 6.07) is 17.4. The first-order valence-electron chi connectivity index (χ1n) is 9.22. The van der Waals surface area contributed by atoms with E-state index in [1.54, 1.807) is 0 Å². The number of hydrogen-bond donors (Lipinski definition) is 0. The van der Waals surface area contributed by atoms with Crippen molar-refractivity contribution in [2.45, 2.75) is 20.3 Å². The first kappa shape index (κ1) is 16.8. The van der Waals surface area contributed by atoms with Gasteiger partial charge < -0.3 is 9.80 Å². The lowest BCUT2D eigenvalue weighted by molar-refractivity contribution is 0.358. The van der Waals surface area contributed by atoms with Crippen molar-refractivity contribution in [2.24, 2.45) is 0 Å². The topological polar surface area (TPSA) is 19.4 Å². The Morgan fingerprint density at radius 1 is 0.962 bits per heavy atom. The van der Waals surface area contributed by atoms with Gasteiger partial charge in [-0.3, -0.25) is 4.98 Å². The van der Waals surface area contributed by atoms with Crippen molar-refractivity contribution in [3.05, 3.63) is 77.8 Å². The average Bonchev–Trinajstić information content (AvgIpc) is 2.67. The van der Waals surface area contributed by atoms with Crippen LogP contribution in [-0.2, 0) is 0 Å². The predicted molar refractivity (Wildman–Crippen MR) is 110 cm³/mol. The summed E-state index contributed by atoms with van der Waals surface area (Å²) < 4.78 is 0. The number of rotatable bonds is 3. The highest BCUT2D eigenvalue weighted by Gasteiger charge is 2.20. The van der Waals surface area contributed by atoms with Gasteiger partial charge in [-0.2, -0.15) is 0 Å². The molecule has 1 aromatic heterocycles. The Morgan fingerprint density at radius 3 is 2.38 bits per heavy atom. The maximum absolute atomic E-state index is 4.70. The molecule has 0 N–H and O–H groups in total. The van der Waals surface area contributed by atoms with Gasteiger partial charge in [-0.05, 0) is 33.0 Å². The lowest BCUT2D eigenvalue weighted by Crippen LogP contribution is -2.29. The molecule has 0 saturated heterocycles. The van der Waals surface area contributed by atoms with Crippen LogP contribution in [0.25, 0.3) is 10.8 Å². The van der Waals surface area contributed by atoms with Crippen LogP contribution >= 0.6 is 0 Å². The molecule has 1 aliphatic rings. The summed E-state index contributed by atoms with van der Waals surface area (Å²) in [5.74, 6) is 0. The van der Waals surface area contributed by atoms with Gasteiger partial charge in [-0.15, -0.1) is 0 Å². The van der Waals surface area contributed by atoms with E-state index in [-0.39, 0.29) is 0 Å². The summed E-state index contributed by atoms with van der Waals surface area (Å²) in [4.78, 5) is 9.44. The number of hydrogen-bond acceptors (Lipinski definition) is 3. The van der Waals surface area contributed by atoms with Crippen LogP contribution in [0.3, 0.4) is 0 Å². The van der Waals surface area contributed by atoms with Crippen LogP contribution in [-0.4, -0.2) is 30.0 Å². The van der Waals surface area contributed by atoms with Crippen LogP contribution in [0.2, 0.25) is 0 Å². The molecular formula is C23H25N3. The molecule has 2 heterocycles. The number of likely N-dealkylation sites (N-methyl/N-ethyl adjacent to an activating group) is 1. The Hall–Kier alpha value is -2.65. The van der Waals surface area contributed by atoms with Gasteiger partial charge in [0.1, 0.15) is 0 Å². The van der Waals surface area contributed by atoms with E-state index in [2.05, 4.69) is 85.3 Å². The van der Waals surface area contributed by atoms with Crippen molar-refractivity contribution in [3.8, 4) is 0 Å². The predicted octanol–water partition coefficient (Wildman–Crippen LogP) is 5.21. The molecule has 26 heavy (non-hydrogen) atoms. The molecule has 0 unspecified atom stereocenters. The fourth-order valence-corrected chi connectivity index (χ4v) is 3.61. The number of pyridine rings is 1. The number of aryl methyl sites for hydroxylation is 2. The molecule has 0 saturated carbocycles. The van der Waals surface area contributed by atoms with E-state index in [0.717, 1.165) is 30.9 Å². The van der Waals surface area contributed by atoms with Crippen LogP contribution in [0.1, 0.15) is 17.7 Å². The highest BCUT2D eigenvalue weighted by atomic mass is 15.2. The third-order valence-electron chi connectivity index (χ3n) is 5.18. The van der Waals surface area contributed by atoms with Crippen LogP contribution in [0.5, 0.6) is 0 Å². The monoisotopic (exact) mass is 343 g/mol. The third-order valence-corrected chi connectivity index (χ3v) is 5.18. The summed E-state index contributed by atoms with van der Waals surface area (Å²) in [7, 11) is 2.17.